The van der Waals surface area contributed by atoms with Gasteiger partial charge in [0.15, 0.2) is 16.3 Å². The summed E-state index contributed by atoms with van der Waals surface area (Å²) in [5.74, 6) is -0.514. The molecule has 0 saturated carbocycles. The summed E-state index contributed by atoms with van der Waals surface area (Å²) in [6.45, 7) is 2.78. The quantitative estimate of drug-likeness (QED) is 0.490. The summed E-state index contributed by atoms with van der Waals surface area (Å²) < 4.78 is 3.12. The molecule has 0 aliphatic heterocycles. The SMILES string of the molecule is CCCCCCCn1c(SCCC(=O)O)nc2c1c(=O)[nH]c(=O)n2C. The number of nitrogens with zero attached hydrogens (tertiary/aromatic N) is 3. The third-order valence-electron chi connectivity index (χ3n) is 4.00. The van der Waals surface area contributed by atoms with Gasteiger partial charge in [-0.2, -0.15) is 0 Å². The number of aliphatic carboxylic acids is 1. The van der Waals surface area contributed by atoms with E-state index in [1.807, 2.05) is 4.57 Å². The van der Waals surface area contributed by atoms with Crippen molar-refractivity contribution in [1.29, 1.82) is 0 Å². The lowest BCUT2D eigenvalue weighted by molar-refractivity contribution is -0.136. The number of rotatable bonds is 10. The van der Waals surface area contributed by atoms with Gasteiger partial charge in [0.1, 0.15) is 0 Å². The van der Waals surface area contributed by atoms with Crippen molar-refractivity contribution in [3.63, 3.8) is 0 Å². The highest BCUT2D eigenvalue weighted by Crippen LogP contribution is 2.23. The van der Waals surface area contributed by atoms with E-state index in [-0.39, 0.29) is 6.42 Å². The molecule has 0 bridgehead atoms. The van der Waals surface area contributed by atoms with E-state index in [1.165, 1.54) is 22.7 Å². The normalized spacial score (nSPS) is 11.3. The number of H-pyrrole nitrogens is 1. The summed E-state index contributed by atoms with van der Waals surface area (Å²) in [7, 11) is 1.56. The molecule has 2 aromatic rings. The molecule has 0 unspecified atom stereocenters. The van der Waals surface area contributed by atoms with Crippen molar-refractivity contribution >= 4 is 28.9 Å². The van der Waals surface area contributed by atoms with E-state index in [4.69, 9.17) is 5.11 Å². The van der Waals surface area contributed by atoms with Gasteiger partial charge in [-0.05, 0) is 6.42 Å². The van der Waals surface area contributed by atoms with Gasteiger partial charge in [0.25, 0.3) is 5.56 Å². The van der Waals surface area contributed by atoms with Gasteiger partial charge in [-0.3, -0.25) is 19.1 Å². The number of aromatic amines is 1. The van der Waals surface area contributed by atoms with Crippen LogP contribution in [0.5, 0.6) is 0 Å². The average molecular weight is 368 g/mol. The number of thioether (sulfide) groups is 1. The molecule has 0 fully saturated rings. The number of aromatic nitrogens is 4. The smallest absolute Gasteiger partial charge is 0.329 e. The van der Waals surface area contributed by atoms with E-state index in [0.29, 0.717) is 28.6 Å². The Bertz CT molecular complexity index is 852. The summed E-state index contributed by atoms with van der Waals surface area (Å²) >= 11 is 1.30. The molecular formula is C16H24N4O4S. The molecule has 0 spiro atoms. The zero-order valence-corrected chi connectivity index (χ0v) is 15.4. The van der Waals surface area contributed by atoms with Crippen molar-refractivity contribution in [2.75, 3.05) is 5.75 Å². The van der Waals surface area contributed by atoms with Crippen LogP contribution in [0.15, 0.2) is 14.7 Å². The number of carboxylic acids is 1. The molecule has 2 heterocycles. The van der Waals surface area contributed by atoms with Gasteiger partial charge in [-0.1, -0.05) is 44.4 Å². The maximum Gasteiger partial charge on any atom is 0.329 e. The molecule has 138 valence electrons. The molecule has 0 aliphatic carbocycles. The Labute approximate surface area is 149 Å². The Morgan fingerprint density at radius 3 is 2.64 bits per heavy atom. The van der Waals surface area contributed by atoms with Crippen LogP contribution >= 0.6 is 11.8 Å². The third kappa shape index (κ3) is 4.75. The predicted octanol–water partition coefficient (Wildman–Crippen LogP) is 1.96. The van der Waals surface area contributed by atoms with Gasteiger partial charge >= 0.3 is 11.7 Å². The first kappa shape index (κ1) is 19.3. The van der Waals surface area contributed by atoms with Crippen molar-refractivity contribution in [3.05, 3.63) is 20.8 Å². The Kier molecular flexibility index (Phi) is 6.86. The Balaban J connectivity index is 2.32. The molecule has 0 amide bonds. The molecular weight excluding hydrogens is 344 g/mol. The number of hydrogen-bond donors (Lipinski definition) is 2. The van der Waals surface area contributed by atoms with Crippen molar-refractivity contribution < 1.29 is 9.90 Å². The van der Waals surface area contributed by atoms with E-state index in [9.17, 15) is 14.4 Å². The molecule has 0 radical (unpaired) electrons. The van der Waals surface area contributed by atoms with E-state index in [1.54, 1.807) is 7.05 Å². The highest BCUT2D eigenvalue weighted by atomic mass is 32.2. The van der Waals surface area contributed by atoms with E-state index < -0.39 is 17.2 Å². The van der Waals surface area contributed by atoms with Crippen LogP contribution < -0.4 is 11.2 Å². The monoisotopic (exact) mass is 368 g/mol. The molecule has 8 nitrogen and oxygen atoms in total. The topological polar surface area (TPSA) is 110 Å². The fourth-order valence-electron chi connectivity index (χ4n) is 2.64. The summed E-state index contributed by atoms with van der Waals surface area (Å²) in [4.78, 5) is 41.5. The minimum atomic E-state index is -0.875. The minimum Gasteiger partial charge on any atom is -0.481 e. The van der Waals surface area contributed by atoms with Gasteiger partial charge in [0.05, 0.1) is 6.42 Å². The van der Waals surface area contributed by atoms with Crippen molar-refractivity contribution in [1.82, 2.24) is 19.1 Å². The standard InChI is InChI=1S/C16H24N4O4S/c1-3-4-5-6-7-9-20-12-13(19(2)15(24)18-14(12)23)17-16(20)25-10-8-11(21)22/h3-10H2,1-2H3,(H,21,22)(H,18,23,24). The van der Waals surface area contributed by atoms with Crippen LogP contribution in [-0.2, 0) is 18.4 Å². The Morgan fingerprint density at radius 2 is 1.96 bits per heavy atom. The molecule has 9 heteroatoms. The van der Waals surface area contributed by atoms with Crippen LogP contribution in [0.1, 0.15) is 45.4 Å². The average Bonchev–Trinajstić information content (AvgIpc) is 2.91. The third-order valence-corrected chi connectivity index (χ3v) is 4.98. The van der Waals surface area contributed by atoms with Crippen molar-refractivity contribution in [2.24, 2.45) is 7.05 Å². The van der Waals surface area contributed by atoms with Crippen LogP contribution in [0.25, 0.3) is 11.2 Å². The summed E-state index contributed by atoms with van der Waals surface area (Å²) in [6.07, 6.45) is 5.45. The second-order valence-electron chi connectivity index (χ2n) is 5.94. The molecule has 0 aromatic carbocycles. The van der Waals surface area contributed by atoms with E-state index >= 15 is 0 Å². The second kappa shape index (κ2) is 8.89. The lowest BCUT2D eigenvalue weighted by Crippen LogP contribution is -2.29. The Morgan fingerprint density at radius 1 is 1.24 bits per heavy atom. The van der Waals surface area contributed by atoms with E-state index in [2.05, 4.69) is 16.9 Å². The number of fused-ring (bicyclic) bond motifs is 1. The fraction of sp³-hybridized carbons (Fsp3) is 0.625. The first-order valence-electron chi connectivity index (χ1n) is 8.49. The zero-order valence-electron chi connectivity index (χ0n) is 14.6. The summed E-state index contributed by atoms with van der Waals surface area (Å²) in [5, 5.41) is 9.39. The van der Waals surface area contributed by atoms with Gasteiger partial charge in [0, 0.05) is 19.3 Å². The van der Waals surface area contributed by atoms with Crippen LogP contribution in [0, 0.1) is 0 Å². The predicted molar refractivity (Wildman–Crippen MR) is 97.3 cm³/mol. The largest absolute Gasteiger partial charge is 0.481 e. The maximum atomic E-state index is 12.3. The van der Waals surface area contributed by atoms with Crippen molar-refractivity contribution in [3.8, 4) is 0 Å². The molecule has 0 saturated heterocycles. The van der Waals surface area contributed by atoms with Gasteiger partial charge < -0.3 is 9.67 Å². The number of nitrogens with one attached hydrogen (secondary N) is 1. The maximum absolute atomic E-state index is 12.3. The lowest BCUT2D eigenvalue weighted by Gasteiger charge is -2.08. The number of carboxylic acid groups (broad SMARTS) is 1. The zero-order chi connectivity index (χ0) is 18.4. The molecule has 0 aliphatic rings. The molecule has 2 rings (SSSR count). The van der Waals surface area contributed by atoms with Crippen LogP contribution in [0.3, 0.4) is 0 Å². The van der Waals surface area contributed by atoms with E-state index in [0.717, 1.165) is 25.7 Å². The number of imidazole rings is 1. The van der Waals surface area contributed by atoms with Crippen LogP contribution in [0.2, 0.25) is 0 Å². The number of unbranched alkanes of at least 4 members (excludes halogenated alkanes) is 4. The lowest BCUT2D eigenvalue weighted by atomic mass is 10.1. The van der Waals surface area contributed by atoms with Crippen LogP contribution in [0.4, 0.5) is 0 Å². The fourth-order valence-corrected chi connectivity index (χ4v) is 3.58. The van der Waals surface area contributed by atoms with Gasteiger partial charge in [0.2, 0.25) is 0 Å². The number of carbonyl (C=O) groups is 1. The van der Waals surface area contributed by atoms with Gasteiger partial charge in [-0.25, -0.2) is 9.78 Å². The highest BCUT2D eigenvalue weighted by molar-refractivity contribution is 7.99. The Hall–Kier alpha value is -2.03. The number of hydrogen-bond acceptors (Lipinski definition) is 5. The van der Waals surface area contributed by atoms with Crippen LogP contribution in [-0.4, -0.2) is 35.9 Å². The molecule has 2 N–H and O–H groups in total. The molecule has 2 aromatic heterocycles. The van der Waals surface area contributed by atoms with Gasteiger partial charge in [-0.15, -0.1) is 0 Å². The minimum absolute atomic E-state index is 0.0136. The second-order valence-corrected chi connectivity index (χ2v) is 7.01. The first-order valence-corrected chi connectivity index (χ1v) is 9.48. The summed E-state index contributed by atoms with van der Waals surface area (Å²) in [6, 6.07) is 0. The van der Waals surface area contributed by atoms with Crippen molar-refractivity contribution in [2.45, 2.75) is 57.1 Å². The summed E-state index contributed by atoms with van der Waals surface area (Å²) in [5.41, 5.74) is -0.257. The highest BCUT2D eigenvalue weighted by Gasteiger charge is 2.17. The molecule has 0 atom stereocenters. The first-order chi connectivity index (χ1) is 12.0. The number of aryl methyl sites for hydroxylation is 2. The molecule has 25 heavy (non-hydrogen) atoms.